The number of phenolic OH excluding ortho intramolecular Hbond substituents is 1. The van der Waals surface area contributed by atoms with Gasteiger partial charge in [-0.3, -0.25) is 4.99 Å². The summed E-state index contributed by atoms with van der Waals surface area (Å²) in [6, 6.07) is 12.5. The zero-order valence-corrected chi connectivity index (χ0v) is 13.8. The van der Waals surface area contributed by atoms with E-state index in [9.17, 15) is 5.11 Å². The van der Waals surface area contributed by atoms with Gasteiger partial charge in [0.15, 0.2) is 11.5 Å². The molecule has 0 aliphatic heterocycles. The fourth-order valence-electron chi connectivity index (χ4n) is 1.94. The van der Waals surface area contributed by atoms with E-state index in [1.807, 2.05) is 25.1 Å². The highest BCUT2D eigenvalue weighted by molar-refractivity contribution is 5.83. The third-order valence-corrected chi connectivity index (χ3v) is 3.05. The molecule has 4 nitrogen and oxygen atoms in total. The van der Waals surface area contributed by atoms with E-state index in [4.69, 9.17) is 9.47 Å². The predicted octanol–water partition coefficient (Wildman–Crippen LogP) is 4.58. The molecule has 0 aliphatic carbocycles. The standard InChI is InChI=1S/C19H23NO3/c1-4-22-19-11-15(5-10-18(19)23-13-14(2)3)12-20-16-6-8-17(21)9-7-16/h5-12,14,21H,4,13H2,1-3H3. The maximum Gasteiger partial charge on any atom is 0.161 e. The first-order valence-corrected chi connectivity index (χ1v) is 7.81. The van der Waals surface area contributed by atoms with Crippen molar-refractivity contribution in [3.8, 4) is 17.2 Å². The van der Waals surface area contributed by atoms with Crippen LogP contribution in [0.25, 0.3) is 0 Å². The van der Waals surface area contributed by atoms with Gasteiger partial charge in [0.05, 0.1) is 18.9 Å². The molecular formula is C19H23NO3. The summed E-state index contributed by atoms with van der Waals surface area (Å²) < 4.78 is 11.4. The molecule has 2 aromatic rings. The van der Waals surface area contributed by atoms with E-state index in [1.54, 1.807) is 30.5 Å². The van der Waals surface area contributed by atoms with Gasteiger partial charge in [-0.25, -0.2) is 0 Å². The zero-order chi connectivity index (χ0) is 16.7. The Kier molecular flexibility index (Phi) is 6.03. The van der Waals surface area contributed by atoms with Crippen molar-refractivity contribution in [3.05, 3.63) is 48.0 Å². The number of benzene rings is 2. The second kappa shape index (κ2) is 8.22. The monoisotopic (exact) mass is 313 g/mol. The number of rotatable bonds is 7. The van der Waals surface area contributed by atoms with Crippen molar-refractivity contribution in [3.63, 3.8) is 0 Å². The van der Waals surface area contributed by atoms with Crippen LogP contribution in [0, 0.1) is 5.92 Å². The molecule has 23 heavy (non-hydrogen) atoms. The van der Waals surface area contributed by atoms with Crippen molar-refractivity contribution in [1.82, 2.24) is 0 Å². The topological polar surface area (TPSA) is 51.0 Å². The number of aromatic hydroxyl groups is 1. The Morgan fingerprint density at radius 2 is 1.78 bits per heavy atom. The summed E-state index contributed by atoms with van der Waals surface area (Å²) in [5, 5.41) is 9.28. The van der Waals surface area contributed by atoms with E-state index in [-0.39, 0.29) is 5.75 Å². The number of ether oxygens (including phenoxy) is 2. The molecule has 122 valence electrons. The Morgan fingerprint density at radius 1 is 1.04 bits per heavy atom. The molecule has 0 aromatic heterocycles. The van der Waals surface area contributed by atoms with Crippen LogP contribution in [0.15, 0.2) is 47.5 Å². The van der Waals surface area contributed by atoms with Crippen LogP contribution in [0.5, 0.6) is 17.2 Å². The second-order valence-corrected chi connectivity index (χ2v) is 5.62. The van der Waals surface area contributed by atoms with Crippen LogP contribution < -0.4 is 9.47 Å². The van der Waals surface area contributed by atoms with Gasteiger partial charge in [0.25, 0.3) is 0 Å². The molecule has 4 heteroatoms. The first-order chi connectivity index (χ1) is 11.1. The molecule has 1 N–H and O–H groups in total. The molecule has 0 saturated heterocycles. The highest BCUT2D eigenvalue weighted by Crippen LogP contribution is 2.28. The molecule has 0 radical (unpaired) electrons. The maximum atomic E-state index is 9.28. The lowest BCUT2D eigenvalue weighted by molar-refractivity contribution is 0.248. The lowest BCUT2D eigenvalue weighted by Gasteiger charge is -2.13. The number of nitrogens with zero attached hydrogens (tertiary/aromatic N) is 1. The summed E-state index contributed by atoms with van der Waals surface area (Å²) >= 11 is 0. The molecule has 0 fully saturated rings. The van der Waals surface area contributed by atoms with Crippen molar-refractivity contribution in [2.24, 2.45) is 10.9 Å². The van der Waals surface area contributed by atoms with Crippen LogP contribution in [-0.4, -0.2) is 24.5 Å². The van der Waals surface area contributed by atoms with E-state index < -0.39 is 0 Å². The van der Waals surface area contributed by atoms with Gasteiger partial charge < -0.3 is 14.6 Å². The Bertz CT molecular complexity index is 648. The summed E-state index contributed by atoms with van der Waals surface area (Å²) in [7, 11) is 0. The number of aliphatic imine (C=N–C) groups is 1. The first-order valence-electron chi connectivity index (χ1n) is 7.81. The minimum absolute atomic E-state index is 0.231. The smallest absolute Gasteiger partial charge is 0.161 e. The number of phenols is 1. The van der Waals surface area contributed by atoms with Gasteiger partial charge in [0, 0.05) is 6.21 Å². The van der Waals surface area contributed by atoms with E-state index in [0.717, 1.165) is 22.7 Å². The Hall–Kier alpha value is -2.49. The van der Waals surface area contributed by atoms with Crippen molar-refractivity contribution < 1.29 is 14.6 Å². The normalized spacial score (nSPS) is 11.1. The van der Waals surface area contributed by atoms with Crippen LogP contribution in [0.4, 0.5) is 5.69 Å². The first kappa shape index (κ1) is 16.9. The van der Waals surface area contributed by atoms with Gasteiger partial charge in [0.1, 0.15) is 5.75 Å². The van der Waals surface area contributed by atoms with Crippen molar-refractivity contribution >= 4 is 11.9 Å². The van der Waals surface area contributed by atoms with Crippen LogP contribution in [0.1, 0.15) is 26.3 Å². The van der Waals surface area contributed by atoms with Crippen LogP contribution >= 0.6 is 0 Å². The lowest BCUT2D eigenvalue weighted by atomic mass is 10.2. The highest BCUT2D eigenvalue weighted by Gasteiger charge is 2.07. The van der Waals surface area contributed by atoms with Gasteiger partial charge in [-0.2, -0.15) is 0 Å². The fourth-order valence-corrected chi connectivity index (χ4v) is 1.94. The fraction of sp³-hybridized carbons (Fsp3) is 0.316. The maximum absolute atomic E-state index is 9.28. The Labute approximate surface area is 137 Å². The Balaban J connectivity index is 2.15. The molecule has 0 saturated carbocycles. The van der Waals surface area contributed by atoms with E-state index >= 15 is 0 Å². The van der Waals surface area contributed by atoms with Gasteiger partial charge in [-0.15, -0.1) is 0 Å². The number of hydrogen-bond donors (Lipinski definition) is 1. The van der Waals surface area contributed by atoms with Crippen molar-refractivity contribution in [2.75, 3.05) is 13.2 Å². The quantitative estimate of drug-likeness (QED) is 0.761. The van der Waals surface area contributed by atoms with Crippen LogP contribution in [-0.2, 0) is 0 Å². The Morgan fingerprint density at radius 3 is 2.43 bits per heavy atom. The molecule has 0 amide bonds. The molecule has 2 aromatic carbocycles. The van der Waals surface area contributed by atoms with E-state index in [2.05, 4.69) is 18.8 Å². The molecule has 0 spiro atoms. The SMILES string of the molecule is CCOc1cc(C=Nc2ccc(O)cc2)ccc1OCC(C)C. The third-order valence-electron chi connectivity index (χ3n) is 3.05. The van der Waals surface area contributed by atoms with Gasteiger partial charge in [0.2, 0.25) is 0 Å². The van der Waals surface area contributed by atoms with Crippen molar-refractivity contribution in [2.45, 2.75) is 20.8 Å². The van der Waals surface area contributed by atoms with Gasteiger partial charge in [-0.05, 0) is 60.9 Å². The molecule has 2 rings (SSSR count). The van der Waals surface area contributed by atoms with Gasteiger partial charge >= 0.3 is 0 Å². The molecule has 0 atom stereocenters. The molecule has 0 aliphatic rings. The lowest BCUT2D eigenvalue weighted by Crippen LogP contribution is -2.06. The predicted molar refractivity (Wildman–Crippen MR) is 93.3 cm³/mol. The van der Waals surface area contributed by atoms with Crippen LogP contribution in [0.3, 0.4) is 0 Å². The van der Waals surface area contributed by atoms with Crippen LogP contribution in [0.2, 0.25) is 0 Å². The third kappa shape index (κ3) is 5.33. The summed E-state index contributed by atoms with van der Waals surface area (Å²) in [4.78, 5) is 4.39. The molecule has 0 heterocycles. The molecule has 0 unspecified atom stereocenters. The summed E-state index contributed by atoms with van der Waals surface area (Å²) in [5.41, 5.74) is 1.71. The van der Waals surface area contributed by atoms with E-state index in [1.165, 1.54) is 0 Å². The van der Waals surface area contributed by atoms with E-state index in [0.29, 0.717) is 19.1 Å². The largest absolute Gasteiger partial charge is 0.508 e. The minimum Gasteiger partial charge on any atom is -0.508 e. The average Bonchev–Trinajstić information content (AvgIpc) is 2.53. The van der Waals surface area contributed by atoms with Gasteiger partial charge in [-0.1, -0.05) is 13.8 Å². The second-order valence-electron chi connectivity index (χ2n) is 5.62. The van der Waals surface area contributed by atoms with Crippen molar-refractivity contribution in [1.29, 1.82) is 0 Å². The minimum atomic E-state index is 0.231. The molecule has 0 bridgehead atoms. The summed E-state index contributed by atoms with van der Waals surface area (Å²) in [5.74, 6) is 2.17. The molecular weight excluding hydrogens is 290 g/mol. The zero-order valence-electron chi connectivity index (χ0n) is 13.8. The number of hydrogen-bond acceptors (Lipinski definition) is 4. The summed E-state index contributed by atoms with van der Waals surface area (Å²) in [6.07, 6.45) is 1.77. The highest BCUT2D eigenvalue weighted by atomic mass is 16.5. The average molecular weight is 313 g/mol. The summed E-state index contributed by atoms with van der Waals surface area (Å²) in [6.45, 7) is 7.40.